The molecule has 1 fully saturated rings. The van der Waals surface area contributed by atoms with Gasteiger partial charge in [-0.2, -0.15) is 5.10 Å². The molecule has 0 bridgehead atoms. The fourth-order valence-electron chi connectivity index (χ4n) is 2.13. The third kappa shape index (κ3) is 3.52. The van der Waals surface area contributed by atoms with Crippen molar-refractivity contribution in [2.75, 3.05) is 0 Å². The summed E-state index contributed by atoms with van der Waals surface area (Å²) in [5.74, 6) is 0. The molecular weight excluding hydrogens is 308 g/mol. The predicted octanol–water partition coefficient (Wildman–Crippen LogP) is 1.51. The van der Waals surface area contributed by atoms with Crippen molar-refractivity contribution in [3.63, 3.8) is 0 Å². The topological polar surface area (TPSA) is 86.9 Å². The summed E-state index contributed by atoms with van der Waals surface area (Å²) in [6.07, 6.45) is 2.31. The molecule has 1 aliphatic carbocycles. The molecule has 2 aromatic heterocycles. The highest BCUT2D eigenvalue weighted by Gasteiger charge is 2.26. The van der Waals surface area contributed by atoms with Crippen molar-refractivity contribution >= 4 is 21.4 Å². The van der Waals surface area contributed by atoms with Crippen LogP contribution in [0.3, 0.4) is 0 Å². The Labute approximate surface area is 128 Å². The Hall–Kier alpha value is -1.22. The van der Waals surface area contributed by atoms with Crippen LogP contribution in [-0.4, -0.2) is 24.7 Å². The van der Waals surface area contributed by atoms with Crippen molar-refractivity contribution in [2.24, 2.45) is 0 Å². The molecule has 0 spiro atoms. The predicted molar refractivity (Wildman–Crippen MR) is 81.5 cm³/mol. The van der Waals surface area contributed by atoms with E-state index in [1.807, 2.05) is 17.5 Å². The van der Waals surface area contributed by atoms with Crippen LogP contribution in [0.1, 0.15) is 29.1 Å². The lowest BCUT2D eigenvalue weighted by Gasteiger charge is -2.08. The van der Waals surface area contributed by atoms with Crippen LogP contribution in [0, 0.1) is 6.92 Å². The number of nitrogens with zero attached hydrogens (tertiary/aromatic N) is 1. The van der Waals surface area contributed by atoms with Crippen molar-refractivity contribution in [3.8, 4) is 0 Å². The van der Waals surface area contributed by atoms with Gasteiger partial charge in [-0.3, -0.25) is 5.10 Å². The van der Waals surface area contributed by atoms with E-state index in [0.29, 0.717) is 30.5 Å². The molecule has 0 radical (unpaired) electrons. The van der Waals surface area contributed by atoms with Crippen LogP contribution in [0.5, 0.6) is 0 Å². The minimum atomic E-state index is -3.56. The van der Waals surface area contributed by atoms with Crippen LogP contribution in [-0.2, 0) is 23.1 Å². The van der Waals surface area contributed by atoms with Gasteiger partial charge in [0, 0.05) is 24.0 Å². The fraction of sp³-hybridized carbons (Fsp3) is 0.462. The largest absolute Gasteiger partial charge is 0.308 e. The summed E-state index contributed by atoms with van der Waals surface area (Å²) in [5, 5.41) is 12.1. The summed E-state index contributed by atoms with van der Waals surface area (Å²) < 4.78 is 27.6. The molecule has 1 saturated carbocycles. The standard InChI is InChI=1S/C13H18N4O2S2/c1-9-13(12(17-16-9)8-14-10-4-5-10)21(18,19)15-7-11-3-2-6-20-11/h2-3,6,10,14-15H,4-5,7-8H2,1H3,(H,16,17). The molecule has 0 atom stereocenters. The Kier molecular flexibility index (Phi) is 4.12. The average molecular weight is 326 g/mol. The lowest BCUT2D eigenvalue weighted by Crippen LogP contribution is -2.25. The zero-order valence-electron chi connectivity index (χ0n) is 11.7. The molecule has 2 heterocycles. The molecule has 0 unspecified atom stereocenters. The Morgan fingerprint density at radius 3 is 2.90 bits per heavy atom. The number of sulfonamides is 1. The lowest BCUT2D eigenvalue weighted by atomic mass is 10.3. The smallest absolute Gasteiger partial charge is 0.244 e. The highest BCUT2D eigenvalue weighted by molar-refractivity contribution is 7.89. The van der Waals surface area contributed by atoms with E-state index in [0.717, 1.165) is 17.7 Å². The number of H-pyrrole nitrogens is 1. The Morgan fingerprint density at radius 1 is 1.43 bits per heavy atom. The van der Waals surface area contributed by atoms with Crippen molar-refractivity contribution in [1.29, 1.82) is 0 Å². The molecule has 0 saturated heterocycles. The maximum atomic E-state index is 12.5. The second kappa shape index (κ2) is 5.88. The van der Waals surface area contributed by atoms with Crippen molar-refractivity contribution in [2.45, 2.75) is 43.8 Å². The Morgan fingerprint density at radius 2 is 2.24 bits per heavy atom. The highest BCUT2D eigenvalue weighted by Crippen LogP contribution is 2.22. The molecule has 21 heavy (non-hydrogen) atoms. The van der Waals surface area contributed by atoms with E-state index in [9.17, 15) is 8.42 Å². The maximum Gasteiger partial charge on any atom is 0.244 e. The molecule has 0 aromatic carbocycles. The van der Waals surface area contributed by atoms with E-state index in [2.05, 4.69) is 20.2 Å². The van der Waals surface area contributed by atoms with E-state index in [-0.39, 0.29) is 4.90 Å². The summed E-state index contributed by atoms with van der Waals surface area (Å²) in [6, 6.07) is 4.32. The molecule has 2 aromatic rings. The monoisotopic (exact) mass is 326 g/mol. The number of rotatable bonds is 7. The third-order valence-corrected chi connectivity index (χ3v) is 5.86. The van der Waals surface area contributed by atoms with Crippen LogP contribution < -0.4 is 10.0 Å². The van der Waals surface area contributed by atoms with Crippen LogP contribution in [0.2, 0.25) is 0 Å². The summed E-state index contributed by atoms with van der Waals surface area (Å²) in [4.78, 5) is 1.25. The van der Waals surface area contributed by atoms with Gasteiger partial charge in [-0.15, -0.1) is 11.3 Å². The molecule has 3 rings (SSSR count). The first-order valence-corrected chi connectivity index (χ1v) is 9.22. The summed E-state index contributed by atoms with van der Waals surface area (Å²) >= 11 is 1.53. The summed E-state index contributed by atoms with van der Waals surface area (Å²) in [7, 11) is -3.56. The fourth-order valence-corrected chi connectivity index (χ4v) is 4.23. The van der Waals surface area contributed by atoms with Gasteiger partial charge in [-0.05, 0) is 31.2 Å². The normalized spacial score (nSPS) is 15.5. The summed E-state index contributed by atoms with van der Waals surface area (Å²) in [6.45, 7) is 2.51. The van der Waals surface area contributed by atoms with Gasteiger partial charge in [-0.1, -0.05) is 6.07 Å². The maximum absolute atomic E-state index is 12.5. The number of aromatic nitrogens is 2. The minimum Gasteiger partial charge on any atom is -0.308 e. The molecule has 1 aliphatic rings. The van der Waals surface area contributed by atoms with Crippen molar-refractivity contribution < 1.29 is 8.42 Å². The van der Waals surface area contributed by atoms with Crippen molar-refractivity contribution in [3.05, 3.63) is 33.8 Å². The van der Waals surface area contributed by atoms with Gasteiger partial charge in [0.25, 0.3) is 0 Å². The summed E-state index contributed by atoms with van der Waals surface area (Å²) in [5.41, 5.74) is 1.12. The van der Waals surface area contributed by atoms with Gasteiger partial charge >= 0.3 is 0 Å². The first-order chi connectivity index (χ1) is 10.1. The SMILES string of the molecule is Cc1[nH]nc(CNC2CC2)c1S(=O)(=O)NCc1cccs1. The average Bonchev–Trinajstić information content (AvgIpc) is 2.97. The van der Waals surface area contributed by atoms with Crippen LogP contribution in [0.25, 0.3) is 0 Å². The van der Waals surface area contributed by atoms with E-state index >= 15 is 0 Å². The molecule has 0 aliphatic heterocycles. The minimum absolute atomic E-state index is 0.271. The molecule has 8 heteroatoms. The third-order valence-electron chi connectivity index (χ3n) is 3.38. The highest BCUT2D eigenvalue weighted by atomic mass is 32.2. The van der Waals surface area contributed by atoms with E-state index in [4.69, 9.17) is 0 Å². The first kappa shape index (κ1) is 14.7. The van der Waals surface area contributed by atoms with E-state index in [1.54, 1.807) is 6.92 Å². The van der Waals surface area contributed by atoms with Crippen molar-refractivity contribution in [1.82, 2.24) is 20.2 Å². The Bertz CT molecular complexity index is 703. The van der Waals surface area contributed by atoms with Crippen LogP contribution >= 0.6 is 11.3 Å². The van der Waals surface area contributed by atoms with Gasteiger partial charge in [0.2, 0.25) is 10.0 Å². The Balaban J connectivity index is 1.75. The quantitative estimate of drug-likeness (QED) is 0.720. The number of aromatic amines is 1. The van der Waals surface area contributed by atoms with Gasteiger partial charge in [0.05, 0.1) is 11.4 Å². The van der Waals surface area contributed by atoms with E-state index in [1.165, 1.54) is 11.3 Å². The number of hydrogen-bond acceptors (Lipinski definition) is 5. The molecule has 0 amide bonds. The lowest BCUT2D eigenvalue weighted by molar-refractivity contribution is 0.577. The van der Waals surface area contributed by atoms with Gasteiger partial charge in [-0.25, -0.2) is 13.1 Å². The first-order valence-electron chi connectivity index (χ1n) is 6.85. The molecule has 114 valence electrons. The number of nitrogens with one attached hydrogen (secondary N) is 3. The molecular formula is C13H18N4O2S2. The van der Waals surface area contributed by atoms with Gasteiger partial charge in [0.15, 0.2) is 0 Å². The second-order valence-corrected chi connectivity index (χ2v) is 7.92. The number of hydrogen-bond donors (Lipinski definition) is 3. The van der Waals surface area contributed by atoms with Gasteiger partial charge in [0.1, 0.15) is 4.90 Å². The van der Waals surface area contributed by atoms with Crippen LogP contribution in [0.15, 0.2) is 22.4 Å². The zero-order chi connectivity index (χ0) is 14.9. The molecule has 3 N–H and O–H groups in total. The number of aryl methyl sites for hydroxylation is 1. The van der Waals surface area contributed by atoms with Crippen LogP contribution in [0.4, 0.5) is 0 Å². The van der Waals surface area contributed by atoms with E-state index < -0.39 is 10.0 Å². The second-order valence-electron chi connectivity index (χ2n) is 5.18. The molecule has 6 nitrogen and oxygen atoms in total. The zero-order valence-corrected chi connectivity index (χ0v) is 13.4. The van der Waals surface area contributed by atoms with Gasteiger partial charge < -0.3 is 5.32 Å². The number of thiophene rings is 1.